The minimum absolute atomic E-state index is 0.100. The number of carbonyl (C=O) groups is 2. The van der Waals surface area contributed by atoms with Crippen LogP contribution in [0.4, 0.5) is 0 Å². The van der Waals surface area contributed by atoms with Crippen LogP contribution in [-0.4, -0.2) is 69.5 Å². The highest BCUT2D eigenvalue weighted by molar-refractivity contribution is 5.70. The Balaban J connectivity index is 2.14. The van der Waals surface area contributed by atoms with Gasteiger partial charge in [-0.2, -0.15) is 0 Å². The molecule has 1 saturated heterocycles. The first-order valence-corrected chi connectivity index (χ1v) is 13.3. The molecule has 0 bridgehead atoms. The van der Waals surface area contributed by atoms with Crippen LogP contribution in [0.3, 0.4) is 0 Å². The molecule has 10 unspecified atom stereocenters. The smallest absolute Gasteiger partial charge is 0.309 e. The highest BCUT2D eigenvalue weighted by Crippen LogP contribution is 2.36. The first kappa shape index (κ1) is 31.2. The fourth-order valence-corrected chi connectivity index (χ4v) is 4.65. The molecule has 0 radical (unpaired) electrons. The van der Waals surface area contributed by atoms with Gasteiger partial charge in [-0.3, -0.25) is 9.59 Å². The number of hydrogen-bond donors (Lipinski definition) is 3. The topological polar surface area (TPSA) is 126 Å². The zero-order valence-corrected chi connectivity index (χ0v) is 23.3. The van der Waals surface area contributed by atoms with Gasteiger partial charge in [-0.25, -0.2) is 0 Å². The van der Waals surface area contributed by atoms with Crippen molar-refractivity contribution < 1.29 is 39.1 Å². The van der Waals surface area contributed by atoms with E-state index < -0.39 is 42.0 Å². The van der Waals surface area contributed by atoms with E-state index in [2.05, 4.69) is 13.0 Å². The number of ether oxygens (including phenoxy) is 3. The fraction of sp³-hybridized carbons (Fsp3) is 0.724. The molecule has 37 heavy (non-hydrogen) atoms. The van der Waals surface area contributed by atoms with Crippen molar-refractivity contribution in [2.45, 2.75) is 116 Å². The average molecular weight is 523 g/mol. The van der Waals surface area contributed by atoms with E-state index in [4.69, 9.17) is 14.2 Å². The minimum atomic E-state index is -1.40. The molecule has 0 aromatic rings. The molecular formula is C29H46O8. The second-order valence-electron chi connectivity index (χ2n) is 11.2. The summed E-state index contributed by atoms with van der Waals surface area (Å²) in [6.07, 6.45) is 7.70. The van der Waals surface area contributed by atoms with E-state index in [9.17, 15) is 24.9 Å². The van der Waals surface area contributed by atoms with Crippen molar-refractivity contribution in [1.29, 1.82) is 0 Å². The predicted molar refractivity (Wildman–Crippen MR) is 140 cm³/mol. The van der Waals surface area contributed by atoms with Crippen molar-refractivity contribution in [3.63, 3.8) is 0 Å². The van der Waals surface area contributed by atoms with Gasteiger partial charge in [0.25, 0.3) is 0 Å². The number of aliphatic hydroxyl groups is 3. The number of rotatable bonds is 8. The highest BCUT2D eigenvalue weighted by atomic mass is 16.6. The lowest BCUT2D eigenvalue weighted by atomic mass is 9.88. The van der Waals surface area contributed by atoms with Crippen LogP contribution >= 0.6 is 0 Å². The van der Waals surface area contributed by atoms with Crippen LogP contribution < -0.4 is 0 Å². The number of allylic oxidation sites excluding steroid dienone is 3. The van der Waals surface area contributed by atoms with Crippen LogP contribution in [0.2, 0.25) is 0 Å². The normalized spacial score (nSPS) is 36.2. The molecule has 0 spiro atoms. The summed E-state index contributed by atoms with van der Waals surface area (Å²) < 4.78 is 16.9. The Morgan fingerprint density at radius 3 is 2.57 bits per heavy atom. The lowest BCUT2D eigenvalue weighted by Gasteiger charge is -2.32. The molecule has 1 fully saturated rings. The number of aliphatic hydroxyl groups excluding tert-OH is 2. The lowest BCUT2D eigenvalue weighted by molar-refractivity contribution is -0.157. The van der Waals surface area contributed by atoms with E-state index in [1.54, 1.807) is 26.0 Å². The summed E-state index contributed by atoms with van der Waals surface area (Å²) in [5.74, 6) is -0.936. The zero-order chi connectivity index (χ0) is 27.9. The van der Waals surface area contributed by atoms with Gasteiger partial charge in [-0.05, 0) is 57.6 Å². The number of epoxide rings is 1. The fourth-order valence-electron chi connectivity index (χ4n) is 4.65. The molecule has 0 aromatic carbocycles. The summed E-state index contributed by atoms with van der Waals surface area (Å²) in [6.45, 7) is 12.5. The van der Waals surface area contributed by atoms with Gasteiger partial charge in [0.1, 0.15) is 17.8 Å². The number of esters is 2. The number of hydrogen-bond acceptors (Lipinski definition) is 8. The largest absolute Gasteiger partial charge is 0.457 e. The van der Waals surface area contributed by atoms with Gasteiger partial charge < -0.3 is 29.5 Å². The van der Waals surface area contributed by atoms with Crippen LogP contribution in [0, 0.1) is 17.8 Å². The summed E-state index contributed by atoms with van der Waals surface area (Å²) in [5, 5.41) is 31.0. The summed E-state index contributed by atoms with van der Waals surface area (Å²) in [6, 6.07) is 0. The third kappa shape index (κ3) is 10.0. The Labute approximate surface area is 221 Å². The van der Waals surface area contributed by atoms with Crippen molar-refractivity contribution in [1.82, 2.24) is 0 Å². The molecule has 0 amide bonds. The van der Waals surface area contributed by atoms with E-state index in [0.717, 1.165) is 12.0 Å². The monoisotopic (exact) mass is 522 g/mol. The lowest BCUT2D eigenvalue weighted by Crippen LogP contribution is -2.42. The molecule has 2 rings (SSSR count). The standard InChI is InChI=1S/C29H46O8/c1-17(15-24-28(36-24)20(4)21(5)30)9-8-10-18(2)27-19(3)11-12-25(35-22(6)31)29(7,34)14-13-23(32)16-26(33)37-27/h8-12,17,19-21,23-25,27-28,30,32,34H,13-16H2,1-7H3. The van der Waals surface area contributed by atoms with Gasteiger partial charge in [-0.1, -0.05) is 45.1 Å². The maximum atomic E-state index is 12.6. The van der Waals surface area contributed by atoms with Gasteiger partial charge in [0.05, 0.1) is 30.8 Å². The van der Waals surface area contributed by atoms with Crippen molar-refractivity contribution in [2.75, 3.05) is 0 Å². The zero-order valence-electron chi connectivity index (χ0n) is 23.3. The van der Waals surface area contributed by atoms with Crippen LogP contribution in [0.25, 0.3) is 0 Å². The van der Waals surface area contributed by atoms with E-state index in [0.29, 0.717) is 0 Å². The average Bonchev–Trinajstić information content (AvgIpc) is 3.55. The SMILES string of the molecule is CC(=O)OC1C=CC(C)C(C(C)=CC=CC(C)CC2OC2C(C)C(C)O)OC(=O)CC(O)CCC1(C)O. The maximum absolute atomic E-state index is 12.6. The van der Waals surface area contributed by atoms with E-state index in [1.807, 2.05) is 32.9 Å². The molecule has 10 atom stereocenters. The third-order valence-corrected chi connectivity index (χ3v) is 7.37. The van der Waals surface area contributed by atoms with Gasteiger partial charge in [-0.15, -0.1) is 0 Å². The second-order valence-corrected chi connectivity index (χ2v) is 11.2. The van der Waals surface area contributed by atoms with E-state index in [-0.39, 0.29) is 49.2 Å². The molecule has 2 aliphatic heterocycles. The van der Waals surface area contributed by atoms with Gasteiger partial charge >= 0.3 is 11.9 Å². The van der Waals surface area contributed by atoms with E-state index >= 15 is 0 Å². The quantitative estimate of drug-likeness (QED) is 0.191. The van der Waals surface area contributed by atoms with Crippen molar-refractivity contribution in [3.05, 3.63) is 36.0 Å². The molecule has 0 saturated carbocycles. The summed E-state index contributed by atoms with van der Waals surface area (Å²) in [7, 11) is 0. The number of carbonyl (C=O) groups excluding carboxylic acids is 2. The van der Waals surface area contributed by atoms with Crippen LogP contribution in [0.5, 0.6) is 0 Å². The Morgan fingerprint density at radius 2 is 1.95 bits per heavy atom. The van der Waals surface area contributed by atoms with Crippen molar-refractivity contribution in [3.8, 4) is 0 Å². The van der Waals surface area contributed by atoms with Crippen LogP contribution in [0.1, 0.15) is 74.1 Å². The van der Waals surface area contributed by atoms with Crippen LogP contribution in [0.15, 0.2) is 36.0 Å². The first-order chi connectivity index (χ1) is 17.2. The molecule has 0 aromatic heterocycles. The molecule has 8 heteroatoms. The summed E-state index contributed by atoms with van der Waals surface area (Å²) in [5.41, 5.74) is -0.581. The second kappa shape index (κ2) is 13.7. The Morgan fingerprint density at radius 1 is 1.27 bits per heavy atom. The molecular weight excluding hydrogens is 476 g/mol. The first-order valence-electron chi connectivity index (χ1n) is 13.3. The number of cyclic esters (lactones) is 1. The van der Waals surface area contributed by atoms with Gasteiger partial charge in [0, 0.05) is 18.8 Å². The molecule has 3 N–H and O–H groups in total. The van der Waals surface area contributed by atoms with Gasteiger partial charge in [0.15, 0.2) is 0 Å². The Kier molecular flexibility index (Phi) is 11.6. The molecule has 0 aliphatic carbocycles. The Bertz CT molecular complexity index is 858. The van der Waals surface area contributed by atoms with Crippen LogP contribution in [-0.2, 0) is 23.8 Å². The maximum Gasteiger partial charge on any atom is 0.309 e. The summed E-state index contributed by atoms with van der Waals surface area (Å²) in [4.78, 5) is 24.2. The van der Waals surface area contributed by atoms with Gasteiger partial charge in [0.2, 0.25) is 0 Å². The predicted octanol–water partition coefficient (Wildman–Crippen LogP) is 3.63. The molecule has 2 heterocycles. The molecule has 210 valence electrons. The van der Waals surface area contributed by atoms with Crippen molar-refractivity contribution in [2.24, 2.45) is 17.8 Å². The third-order valence-electron chi connectivity index (χ3n) is 7.37. The Hall–Kier alpha value is -2.00. The minimum Gasteiger partial charge on any atom is -0.457 e. The highest BCUT2D eigenvalue weighted by Gasteiger charge is 2.44. The molecule has 2 aliphatic rings. The molecule has 8 nitrogen and oxygen atoms in total. The van der Waals surface area contributed by atoms with E-state index in [1.165, 1.54) is 6.92 Å². The van der Waals surface area contributed by atoms with Crippen molar-refractivity contribution >= 4 is 11.9 Å². The summed E-state index contributed by atoms with van der Waals surface area (Å²) >= 11 is 0.